The number of carbonyl (C=O) groups excluding carboxylic acids is 3. The predicted octanol–water partition coefficient (Wildman–Crippen LogP) is 0.414. The van der Waals surface area contributed by atoms with Crippen molar-refractivity contribution in [2.24, 2.45) is 0 Å². The third kappa shape index (κ3) is 5.03. The number of aliphatic hydroxyl groups is 1. The van der Waals surface area contributed by atoms with Gasteiger partial charge >= 0.3 is 6.09 Å². The highest BCUT2D eigenvalue weighted by atomic mass is 32.1. The quantitative estimate of drug-likeness (QED) is 0.587. The third-order valence-corrected chi connectivity index (χ3v) is 4.95. The van der Waals surface area contributed by atoms with Crippen LogP contribution in [-0.2, 0) is 20.9 Å². The molecule has 0 radical (unpaired) electrons. The molecule has 1 unspecified atom stereocenters. The van der Waals surface area contributed by atoms with Crippen molar-refractivity contribution >= 4 is 34.9 Å². The zero-order valence-electron chi connectivity index (χ0n) is 15.3. The summed E-state index contributed by atoms with van der Waals surface area (Å²) in [7, 11) is 0. The number of halogens is 1. The molecule has 1 aromatic heterocycles. The van der Waals surface area contributed by atoms with Crippen LogP contribution in [0.25, 0.3) is 10.6 Å². The smallest absolute Gasteiger partial charge is 0.414 e. The molecule has 12 heteroatoms. The summed E-state index contributed by atoms with van der Waals surface area (Å²) < 4.78 is 19.8. The SMILES string of the molecule is CC(=O)NCc1nnc(-c2ccc(N3CC(CNC(=O)CO)OC3=O)cc2F)s1. The monoisotopic (exact) mass is 423 g/mol. The molecule has 1 atom stereocenters. The van der Waals surface area contributed by atoms with Gasteiger partial charge in [0.15, 0.2) is 5.01 Å². The van der Waals surface area contributed by atoms with Crippen LogP contribution in [0, 0.1) is 5.82 Å². The van der Waals surface area contributed by atoms with Crippen LogP contribution in [0.4, 0.5) is 14.9 Å². The molecular formula is C17H18FN5O5S. The van der Waals surface area contributed by atoms with E-state index in [-0.39, 0.29) is 31.1 Å². The van der Waals surface area contributed by atoms with Gasteiger partial charge in [0.05, 0.1) is 25.3 Å². The van der Waals surface area contributed by atoms with E-state index in [9.17, 15) is 18.8 Å². The Morgan fingerprint density at radius 1 is 1.38 bits per heavy atom. The fourth-order valence-electron chi connectivity index (χ4n) is 2.60. The second-order valence-electron chi connectivity index (χ2n) is 6.15. The molecule has 3 amide bonds. The molecule has 0 saturated carbocycles. The molecule has 1 fully saturated rings. The standard InChI is InChI=1S/C17H18FN5O5S/c1-9(25)19-6-15-21-22-16(29-15)12-3-2-10(4-13(12)18)23-7-11(28-17(23)27)5-20-14(26)8-24/h2-4,11,24H,5-8H2,1H3,(H,19,25)(H,20,26). The molecule has 3 N–H and O–H groups in total. The number of nitrogens with one attached hydrogen (secondary N) is 2. The van der Waals surface area contributed by atoms with E-state index in [0.29, 0.717) is 15.7 Å². The maximum absolute atomic E-state index is 14.6. The molecule has 0 bridgehead atoms. The molecule has 1 aromatic carbocycles. The lowest BCUT2D eigenvalue weighted by Crippen LogP contribution is -2.36. The van der Waals surface area contributed by atoms with Gasteiger partial charge in [0.25, 0.3) is 0 Å². The first-order chi connectivity index (χ1) is 13.9. The van der Waals surface area contributed by atoms with Crippen molar-refractivity contribution in [1.82, 2.24) is 20.8 Å². The van der Waals surface area contributed by atoms with Crippen molar-refractivity contribution in [3.05, 3.63) is 29.0 Å². The van der Waals surface area contributed by atoms with Crippen LogP contribution < -0.4 is 15.5 Å². The van der Waals surface area contributed by atoms with Gasteiger partial charge in [-0.2, -0.15) is 0 Å². The van der Waals surface area contributed by atoms with E-state index in [1.54, 1.807) is 6.07 Å². The van der Waals surface area contributed by atoms with Gasteiger partial charge < -0.3 is 20.5 Å². The minimum atomic E-state index is -0.658. The summed E-state index contributed by atoms with van der Waals surface area (Å²) in [5.74, 6) is -1.37. The van der Waals surface area contributed by atoms with Gasteiger partial charge in [0.1, 0.15) is 23.5 Å². The Balaban J connectivity index is 1.69. The normalized spacial score (nSPS) is 15.9. The van der Waals surface area contributed by atoms with Crippen molar-refractivity contribution in [2.45, 2.75) is 19.6 Å². The summed E-state index contributed by atoms with van der Waals surface area (Å²) in [4.78, 5) is 35.4. The van der Waals surface area contributed by atoms with E-state index in [0.717, 1.165) is 11.3 Å². The fraction of sp³-hybridized carbons (Fsp3) is 0.353. The second kappa shape index (κ2) is 8.92. The molecular weight excluding hydrogens is 405 g/mol. The molecule has 1 saturated heterocycles. The van der Waals surface area contributed by atoms with Crippen LogP contribution in [0.3, 0.4) is 0 Å². The van der Waals surface area contributed by atoms with Crippen molar-refractivity contribution < 1.29 is 28.6 Å². The van der Waals surface area contributed by atoms with E-state index in [1.165, 1.54) is 24.0 Å². The molecule has 154 valence electrons. The van der Waals surface area contributed by atoms with Gasteiger partial charge in [-0.1, -0.05) is 11.3 Å². The second-order valence-corrected chi connectivity index (χ2v) is 7.22. The van der Waals surface area contributed by atoms with E-state index >= 15 is 0 Å². The Morgan fingerprint density at radius 3 is 2.86 bits per heavy atom. The maximum Gasteiger partial charge on any atom is 0.414 e. The number of hydrogen-bond acceptors (Lipinski definition) is 8. The summed E-state index contributed by atoms with van der Waals surface area (Å²) in [5, 5.41) is 22.5. The summed E-state index contributed by atoms with van der Waals surface area (Å²) in [6.45, 7) is 1.11. The Hall–Kier alpha value is -3.12. The number of benzene rings is 1. The first-order valence-corrected chi connectivity index (χ1v) is 9.41. The first kappa shape index (κ1) is 20.6. The zero-order valence-corrected chi connectivity index (χ0v) is 16.2. The summed E-state index contributed by atoms with van der Waals surface area (Å²) >= 11 is 1.15. The van der Waals surface area contributed by atoms with E-state index in [2.05, 4.69) is 20.8 Å². The van der Waals surface area contributed by atoms with Crippen LogP contribution in [0.2, 0.25) is 0 Å². The Kier molecular flexibility index (Phi) is 6.34. The van der Waals surface area contributed by atoms with Gasteiger partial charge in [0, 0.05) is 12.5 Å². The Bertz CT molecular complexity index is 937. The number of nitrogens with zero attached hydrogens (tertiary/aromatic N) is 3. The lowest BCUT2D eigenvalue weighted by molar-refractivity contribution is -0.124. The highest BCUT2D eigenvalue weighted by Gasteiger charge is 2.33. The van der Waals surface area contributed by atoms with Crippen molar-refractivity contribution in [1.29, 1.82) is 0 Å². The highest BCUT2D eigenvalue weighted by molar-refractivity contribution is 7.14. The molecule has 0 aliphatic carbocycles. The minimum Gasteiger partial charge on any atom is -0.442 e. The number of aromatic nitrogens is 2. The number of ether oxygens (including phenoxy) is 1. The molecule has 1 aliphatic heterocycles. The number of aliphatic hydroxyl groups excluding tert-OH is 1. The lowest BCUT2D eigenvalue weighted by Gasteiger charge is -2.14. The van der Waals surface area contributed by atoms with Gasteiger partial charge in [-0.25, -0.2) is 9.18 Å². The summed E-state index contributed by atoms with van der Waals surface area (Å²) in [6.07, 6.45) is -1.27. The summed E-state index contributed by atoms with van der Waals surface area (Å²) in [5.41, 5.74) is 0.523. The fourth-order valence-corrected chi connectivity index (χ4v) is 3.41. The zero-order chi connectivity index (χ0) is 21.0. The minimum absolute atomic E-state index is 0.0457. The number of hydrogen-bond donors (Lipinski definition) is 3. The van der Waals surface area contributed by atoms with Gasteiger partial charge in [-0.3, -0.25) is 14.5 Å². The molecule has 2 heterocycles. The van der Waals surface area contributed by atoms with Crippen LogP contribution in [0.15, 0.2) is 18.2 Å². The molecule has 1 aliphatic rings. The number of carbonyl (C=O) groups is 3. The molecule has 0 spiro atoms. The van der Waals surface area contributed by atoms with Gasteiger partial charge in [-0.15, -0.1) is 10.2 Å². The third-order valence-electron chi connectivity index (χ3n) is 3.99. The largest absolute Gasteiger partial charge is 0.442 e. The number of rotatable bonds is 7. The highest BCUT2D eigenvalue weighted by Crippen LogP contribution is 2.30. The predicted molar refractivity (Wildman–Crippen MR) is 101 cm³/mol. The Morgan fingerprint density at radius 2 is 2.17 bits per heavy atom. The number of cyclic esters (lactones) is 1. The lowest BCUT2D eigenvalue weighted by atomic mass is 10.2. The maximum atomic E-state index is 14.6. The van der Waals surface area contributed by atoms with Crippen molar-refractivity contribution in [3.8, 4) is 10.6 Å². The first-order valence-electron chi connectivity index (χ1n) is 8.60. The molecule has 2 aromatic rings. The number of anilines is 1. The van der Waals surface area contributed by atoms with Crippen LogP contribution in [-0.4, -0.2) is 59.0 Å². The van der Waals surface area contributed by atoms with Crippen LogP contribution in [0.5, 0.6) is 0 Å². The molecule has 3 rings (SSSR count). The van der Waals surface area contributed by atoms with Crippen LogP contribution >= 0.6 is 11.3 Å². The summed E-state index contributed by atoms with van der Waals surface area (Å²) in [6, 6.07) is 4.24. The number of amides is 3. The average Bonchev–Trinajstić information content (AvgIpc) is 3.30. The van der Waals surface area contributed by atoms with Gasteiger partial charge in [0.2, 0.25) is 11.8 Å². The van der Waals surface area contributed by atoms with E-state index < -0.39 is 30.5 Å². The van der Waals surface area contributed by atoms with Crippen molar-refractivity contribution in [2.75, 3.05) is 24.6 Å². The average molecular weight is 423 g/mol. The van der Waals surface area contributed by atoms with E-state index in [1.807, 2.05) is 0 Å². The van der Waals surface area contributed by atoms with Gasteiger partial charge in [-0.05, 0) is 18.2 Å². The van der Waals surface area contributed by atoms with Crippen molar-refractivity contribution in [3.63, 3.8) is 0 Å². The molecule has 10 nitrogen and oxygen atoms in total. The molecule has 29 heavy (non-hydrogen) atoms. The Labute approximate surface area is 168 Å². The van der Waals surface area contributed by atoms with E-state index in [4.69, 9.17) is 9.84 Å². The van der Waals surface area contributed by atoms with Crippen LogP contribution in [0.1, 0.15) is 11.9 Å². The topological polar surface area (TPSA) is 134 Å².